The first-order valence-corrected chi connectivity index (χ1v) is 9.94. The Labute approximate surface area is 167 Å². The molecule has 1 fully saturated rings. The van der Waals surface area contributed by atoms with Gasteiger partial charge in [0.1, 0.15) is 5.82 Å². The van der Waals surface area contributed by atoms with Crippen LogP contribution < -0.4 is 0 Å². The average molecular weight is 375 g/mol. The summed E-state index contributed by atoms with van der Waals surface area (Å²) in [6.07, 6.45) is 0.154. The minimum atomic E-state index is -0.123. The molecule has 3 aromatic carbocycles. The summed E-state index contributed by atoms with van der Waals surface area (Å²) < 4.78 is 14.3. The third kappa shape index (κ3) is 4.16. The fraction of sp³-hybridized carbons (Fsp3) is 0.280. The first-order chi connectivity index (χ1) is 13.6. The number of hydrogen-bond acceptors (Lipinski definition) is 2. The van der Waals surface area contributed by atoms with Gasteiger partial charge in [0.25, 0.3) is 0 Å². The van der Waals surface area contributed by atoms with E-state index < -0.39 is 0 Å². The molecule has 0 aromatic heterocycles. The van der Waals surface area contributed by atoms with Crippen LogP contribution in [0.25, 0.3) is 0 Å². The molecule has 0 bridgehead atoms. The van der Waals surface area contributed by atoms with E-state index in [9.17, 15) is 4.39 Å². The minimum Gasteiger partial charge on any atom is -0.279 e. The third-order valence-electron chi connectivity index (χ3n) is 5.58. The molecule has 0 spiro atoms. The van der Waals surface area contributed by atoms with Crippen LogP contribution >= 0.6 is 0 Å². The number of hydrogen-bond donors (Lipinski definition) is 0. The van der Waals surface area contributed by atoms with Crippen LogP contribution in [0.4, 0.5) is 4.39 Å². The highest BCUT2D eigenvalue weighted by atomic mass is 19.1. The maximum absolute atomic E-state index is 14.3. The zero-order valence-corrected chi connectivity index (χ0v) is 16.6. The molecule has 1 heterocycles. The van der Waals surface area contributed by atoms with Crippen LogP contribution in [-0.2, 0) is 13.1 Å². The summed E-state index contributed by atoms with van der Waals surface area (Å²) in [5.74, 6) is -0.123. The molecule has 0 amide bonds. The Bertz CT molecular complexity index is 918. The Kier molecular flexibility index (Phi) is 5.56. The normalized spacial score (nSPS) is 17.9. The van der Waals surface area contributed by atoms with Crippen molar-refractivity contribution < 1.29 is 4.39 Å². The van der Waals surface area contributed by atoms with Crippen molar-refractivity contribution in [3.63, 3.8) is 0 Å². The smallest absolute Gasteiger partial charge is 0.127 e. The Hall–Kier alpha value is -2.49. The third-order valence-corrected chi connectivity index (χ3v) is 5.58. The minimum absolute atomic E-state index is 0.123. The molecule has 2 nitrogen and oxygen atoms in total. The summed E-state index contributed by atoms with van der Waals surface area (Å²) in [5.41, 5.74) is 5.88. The quantitative estimate of drug-likeness (QED) is 0.585. The average Bonchev–Trinajstić information content (AvgIpc) is 3.08. The van der Waals surface area contributed by atoms with Gasteiger partial charge in [-0.05, 0) is 31.0 Å². The van der Waals surface area contributed by atoms with Crippen molar-refractivity contribution >= 4 is 0 Å². The number of rotatable bonds is 5. The van der Waals surface area contributed by atoms with Gasteiger partial charge in [-0.25, -0.2) is 4.39 Å². The molecule has 1 saturated heterocycles. The van der Waals surface area contributed by atoms with E-state index in [1.165, 1.54) is 22.3 Å². The van der Waals surface area contributed by atoms with E-state index in [4.69, 9.17) is 0 Å². The highest BCUT2D eigenvalue weighted by Gasteiger charge is 2.33. The van der Waals surface area contributed by atoms with Crippen LogP contribution in [0.1, 0.15) is 34.0 Å². The zero-order valence-electron chi connectivity index (χ0n) is 16.6. The summed E-state index contributed by atoms with van der Waals surface area (Å²) in [4.78, 5) is 4.88. The zero-order chi connectivity index (χ0) is 19.5. The van der Waals surface area contributed by atoms with Crippen molar-refractivity contribution in [3.8, 4) is 0 Å². The van der Waals surface area contributed by atoms with Crippen molar-refractivity contribution in [1.29, 1.82) is 0 Å². The van der Waals surface area contributed by atoms with Crippen LogP contribution in [0.15, 0.2) is 72.8 Å². The Morgan fingerprint density at radius 1 is 0.750 bits per heavy atom. The second-order valence-corrected chi connectivity index (χ2v) is 7.80. The lowest BCUT2D eigenvalue weighted by Crippen LogP contribution is -2.30. The van der Waals surface area contributed by atoms with Gasteiger partial charge < -0.3 is 0 Å². The van der Waals surface area contributed by atoms with Crippen molar-refractivity contribution in [2.45, 2.75) is 33.1 Å². The molecule has 0 unspecified atom stereocenters. The Morgan fingerprint density at radius 2 is 1.32 bits per heavy atom. The van der Waals surface area contributed by atoms with E-state index in [1.807, 2.05) is 12.1 Å². The first kappa shape index (κ1) is 18.9. The van der Waals surface area contributed by atoms with E-state index in [1.54, 1.807) is 12.1 Å². The van der Waals surface area contributed by atoms with E-state index in [2.05, 4.69) is 72.2 Å². The first-order valence-electron chi connectivity index (χ1n) is 9.94. The number of nitrogens with zero attached hydrogens (tertiary/aromatic N) is 2. The van der Waals surface area contributed by atoms with E-state index >= 15 is 0 Å². The van der Waals surface area contributed by atoms with Crippen molar-refractivity contribution in [2.75, 3.05) is 13.1 Å². The lowest BCUT2D eigenvalue weighted by Gasteiger charge is -2.31. The van der Waals surface area contributed by atoms with Crippen LogP contribution in [0, 0.1) is 19.7 Å². The summed E-state index contributed by atoms with van der Waals surface area (Å²) in [5, 5.41) is 0. The molecule has 4 rings (SSSR count). The highest BCUT2D eigenvalue weighted by molar-refractivity contribution is 5.27. The predicted octanol–water partition coefficient (Wildman–Crippen LogP) is 5.46. The summed E-state index contributed by atoms with van der Waals surface area (Å²) in [7, 11) is 0. The monoisotopic (exact) mass is 374 g/mol. The molecule has 0 N–H and O–H groups in total. The predicted molar refractivity (Wildman–Crippen MR) is 112 cm³/mol. The molecule has 1 aliphatic heterocycles. The van der Waals surface area contributed by atoms with Gasteiger partial charge in [-0.3, -0.25) is 9.80 Å². The second-order valence-electron chi connectivity index (χ2n) is 7.80. The molecule has 0 aliphatic carbocycles. The van der Waals surface area contributed by atoms with Crippen LogP contribution in [-0.4, -0.2) is 22.9 Å². The maximum atomic E-state index is 14.3. The van der Waals surface area contributed by atoms with Crippen LogP contribution in [0.3, 0.4) is 0 Å². The van der Waals surface area contributed by atoms with Crippen LogP contribution in [0.2, 0.25) is 0 Å². The van der Waals surface area contributed by atoms with Gasteiger partial charge in [0.05, 0.1) is 6.17 Å². The number of aryl methyl sites for hydroxylation is 2. The van der Waals surface area contributed by atoms with Crippen LogP contribution in [0.5, 0.6) is 0 Å². The van der Waals surface area contributed by atoms with E-state index in [-0.39, 0.29) is 12.0 Å². The van der Waals surface area contributed by atoms with Gasteiger partial charge in [-0.2, -0.15) is 0 Å². The van der Waals surface area contributed by atoms with Crippen molar-refractivity contribution in [1.82, 2.24) is 9.80 Å². The second kappa shape index (κ2) is 8.26. The van der Waals surface area contributed by atoms with Gasteiger partial charge in [0.15, 0.2) is 0 Å². The van der Waals surface area contributed by atoms with Crippen molar-refractivity contribution in [3.05, 3.63) is 106 Å². The summed E-state index contributed by atoms with van der Waals surface area (Å²) in [6.45, 7) is 7.65. The fourth-order valence-electron chi connectivity index (χ4n) is 4.00. The van der Waals surface area contributed by atoms with Gasteiger partial charge >= 0.3 is 0 Å². The lowest BCUT2D eigenvalue weighted by atomic mass is 10.1. The molecular formula is C25H27FN2. The topological polar surface area (TPSA) is 6.48 Å². The Morgan fingerprint density at radius 3 is 1.96 bits per heavy atom. The fourth-order valence-corrected chi connectivity index (χ4v) is 4.00. The number of halogens is 1. The van der Waals surface area contributed by atoms with Gasteiger partial charge in [0, 0.05) is 31.7 Å². The molecule has 28 heavy (non-hydrogen) atoms. The molecular weight excluding hydrogens is 347 g/mol. The number of benzene rings is 3. The van der Waals surface area contributed by atoms with Gasteiger partial charge in [-0.15, -0.1) is 0 Å². The van der Waals surface area contributed by atoms with E-state index in [0.717, 1.165) is 25.2 Å². The summed E-state index contributed by atoms with van der Waals surface area (Å²) >= 11 is 0. The maximum Gasteiger partial charge on any atom is 0.127 e. The highest BCUT2D eigenvalue weighted by Crippen LogP contribution is 2.33. The molecule has 0 saturated carbocycles. The van der Waals surface area contributed by atoms with Gasteiger partial charge in [-0.1, -0.05) is 77.9 Å². The molecule has 3 aromatic rings. The molecule has 0 radical (unpaired) electrons. The Balaban J connectivity index is 1.61. The molecule has 3 heteroatoms. The van der Waals surface area contributed by atoms with Crippen molar-refractivity contribution in [2.24, 2.45) is 0 Å². The van der Waals surface area contributed by atoms with E-state index in [0.29, 0.717) is 6.54 Å². The summed E-state index contributed by atoms with van der Waals surface area (Å²) in [6, 6.07) is 24.6. The SMILES string of the molecule is Cc1ccc(CN2CCN(Cc3ccccc3F)[C@H]2c2ccc(C)cc2)cc1. The molecule has 1 atom stereocenters. The van der Waals surface area contributed by atoms with Gasteiger partial charge in [0.2, 0.25) is 0 Å². The molecule has 144 valence electrons. The largest absolute Gasteiger partial charge is 0.279 e. The standard InChI is InChI=1S/C25H27FN2/c1-19-7-11-21(12-8-19)17-27-15-16-28(18-23-5-3-4-6-24(23)26)25(27)22-13-9-20(2)10-14-22/h3-14,25H,15-18H2,1-2H3/t25-/m0/s1. The lowest BCUT2D eigenvalue weighted by molar-refractivity contribution is 0.125. The molecule has 1 aliphatic rings.